The summed E-state index contributed by atoms with van der Waals surface area (Å²) in [6.07, 6.45) is 0. The van der Waals surface area contributed by atoms with Gasteiger partial charge in [-0.3, -0.25) is 0 Å². The number of fused-ring (bicyclic) bond motifs is 7. The van der Waals surface area contributed by atoms with E-state index in [1.165, 1.54) is 66.1 Å². The van der Waals surface area contributed by atoms with Gasteiger partial charge in [0.15, 0.2) is 0 Å². The quantitative estimate of drug-likeness (QED) is 0.142. The normalized spacial score (nSPS) is 12.3. The molecule has 334 valence electrons. The van der Waals surface area contributed by atoms with Crippen LogP contribution in [-0.2, 0) is 5.41 Å². The van der Waals surface area contributed by atoms with Crippen molar-refractivity contribution >= 4 is 55.7 Å². The Labute approximate surface area is 415 Å². The van der Waals surface area contributed by atoms with Crippen LogP contribution in [0, 0.1) is 0 Å². The van der Waals surface area contributed by atoms with E-state index in [4.69, 9.17) is 0 Å². The zero-order valence-electron chi connectivity index (χ0n) is 39.1. The van der Waals surface area contributed by atoms with Crippen molar-refractivity contribution in [3.63, 3.8) is 0 Å². The van der Waals surface area contributed by atoms with E-state index in [0.29, 0.717) is 0 Å². The van der Waals surface area contributed by atoms with Crippen LogP contribution in [-0.4, -0.2) is 0 Å². The molecular weight excluding hydrogens is 857 g/mol. The molecular formula is C69H48N2. The molecule has 2 heteroatoms. The molecule has 0 bridgehead atoms. The Balaban J connectivity index is 0.940. The van der Waals surface area contributed by atoms with Crippen LogP contribution in [0.5, 0.6) is 0 Å². The summed E-state index contributed by atoms with van der Waals surface area (Å²) in [5, 5.41) is 4.85. The monoisotopic (exact) mass is 904 g/mol. The van der Waals surface area contributed by atoms with Crippen LogP contribution in [0.15, 0.2) is 291 Å². The van der Waals surface area contributed by atoms with Crippen LogP contribution in [0.2, 0.25) is 0 Å². The third-order valence-corrected chi connectivity index (χ3v) is 14.5. The number of hydrogen-bond donors (Lipinski definition) is 0. The highest BCUT2D eigenvalue weighted by molar-refractivity contribution is 5.94. The maximum absolute atomic E-state index is 2.44. The maximum atomic E-state index is 2.44. The van der Waals surface area contributed by atoms with Crippen molar-refractivity contribution in [1.29, 1.82) is 0 Å². The van der Waals surface area contributed by atoms with E-state index in [1.807, 2.05) is 0 Å². The average Bonchev–Trinajstić information content (AvgIpc) is 3.56. The van der Waals surface area contributed by atoms with Gasteiger partial charge in [0.25, 0.3) is 0 Å². The molecule has 0 saturated carbocycles. The fourth-order valence-electron chi connectivity index (χ4n) is 11.3. The standard InChI is InChI=1S/C69H48N2/c1-3-22-55(23-4-1)69(67-32-15-13-30-65(67)63-28-11-12-29-64(63)66-31-14-16-33-68(66)69)56-24-17-27-60(48-56)71(62-45-39-50-19-8-10-21-54(50)47-62)59-42-36-52(37-43-59)51-34-40-58(41-35-51)70(57-25-5-2-6-26-57)61-44-38-49-18-7-9-20-53(49)46-61/h1-48H. The van der Waals surface area contributed by atoms with Gasteiger partial charge in [0, 0.05) is 34.1 Å². The molecule has 0 unspecified atom stereocenters. The van der Waals surface area contributed by atoms with Gasteiger partial charge in [-0.2, -0.15) is 0 Å². The topological polar surface area (TPSA) is 6.48 Å². The summed E-state index contributed by atoms with van der Waals surface area (Å²) < 4.78 is 0. The Bertz CT molecular complexity index is 3810. The minimum absolute atomic E-state index is 0.654. The number of hydrogen-bond acceptors (Lipinski definition) is 2. The van der Waals surface area contributed by atoms with E-state index in [9.17, 15) is 0 Å². The highest BCUT2D eigenvalue weighted by atomic mass is 15.1. The third kappa shape index (κ3) is 7.28. The van der Waals surface area contributed by atoms with Crippen molar-refractivity contribution in [2.75, 3.05) is 9.80 Å². The van der Waals surface area contributed by atoms with Gasteiger partial charge in [0.2, 0.25) is 0 Å². The minimum atomic E-state index is -0.654. The van der Waals surface area contributed by atoms with Gasteiger partial charge in [0.1, 0.15) is 0 Å². The van der Waals surface area contributed by atoms with E-state index in [1.54, 1.807) is 0 Å². The van der Waals surface area contributed by atoms with Gasteiger partial charge in [-0.05, 0) is 150 Å². The Morgan fingerprint density at radius 1 is 0.211 bits per heavy atom. The van der Waals surface area contributed by atoms with Gasteiger partial charge in [-0.1, -0.05) is 218 Å². The largest absolute Gasteiger partial charge is 0.310 e. The van der Waals surface area contributed by atoms with Crippen molar-refractivity contribution in [3.05, 3.63) is 313 Å². The summed E-state index contributed by atoms with van der Waals surface area (Å²) in [7, 11) is 0. The molecule has 13 rings (SSSR count). The molecule has 0 aromatic heterocycles. The molecule has 0 radical (unpaired) electrons. The van der Waals surface area contributed by atoms with E-state index in [-0.39, 0.29) is 0 Å². The minimum Gasteiger partial charge on any atom is -0.310 e. The number of benzene rings is 12. The number of anilines is 6. The predicted molar refractivity (Wildman–Crippen MR) is 299 cm³/mol. The first-order valence-corrected chi connectivity index (χ1v) is 24.5. The molecule has 0 saturated heterocycles. The SMILES string of the molecule is c1ccc(N(c2ccc(-c3ccc(N(c4cccc(C5(c6ccccc6)c6ccccc6-c6ccccc6-c6ccccc65)c4)c4ccc5ccccc5c4)cc3)cc2)c2ccc3ccccc3c2)cc1. The van der Waals surface area contributed by atoms with Crippen LogP contribution in [0.1, 0.15) is 22.3 Å². The second kappa shape index (κ2) is 17.7. The fraction of sp³-hybridized carbons (Fsp3) is 0.0145. The summed E-state index contributed by atoms with van der Waals surface area (Å²) in [4.78, 5) is 4.76. The summed E-state index contributed by atoms with van der Waals surface area (Å²) in [6.45, 7) is 0. The number of rotatable bonds is 9. The summed E-state index contributed by atoms with van der Waals surface area (Å²) in [5.41, 5.74) is 18.2. The summed E-state index contributed by atoms with van der Waals surface area (Å²) in [6, 6.07) is 107. The van der Waals surface area contributed by atoms with Gasteiger partial charge in [0.05, 0.1) is 5.41 Å². The first kappa shape index (κ1) is 41.9. The Kier molecular flexibility index (Phi) is 10.4. The third-order valence-electron chi connectivity index (χ3n) is 14.5. The molecule has 71 heavy (non-hydrogen) atoms. The van der Waals surface area contributed by atoms with Crippen molar-refractivity contribution in [2.45, 2.75) is 5.41 Å². The highest BCUT2D eigenvalue weighted by Gasteiger charge is 2.44. The lowest BCUT2D eigenvalue weighted by Gasteiger charge is -2.39. The van der Waals surface area contributed by atoms with Gasteiger partial charge < -0.3 is 9.80 Å². The molecule has 0 heterocycles. The van der Waals surface area contributed by atoms with E-state index in [0.717, 1.165) is 45.3 Å². The van der Waals surface area contributed by atoms with Gasteiger partial charge >= 0.3 is 0 Å². The smallest absolute Gasteiger partial charge is 0.0714 e. The molecule has 0 aliphatic heterocycles. The first-order chi connectivity index (χ1) is 35.2. The molecule has 0 atom stereocenters. The highest BCUT2D eigenvalue weighted by Crippen LogP contribution is 2.55. The Hall–Kier alpha value is -9.24. The maximum Gasteiger partial charge on any atom is 0.0714 e. The molecule has 0 fully saturated rings. The second-order valence-corrected chi connectivity index (χ2v) is 18.5. The summed E-state index contributed by atoms with van der Waals surface area (Å²) >= 11 is 0. The number of nitrogens with zero attached hydrogens (tertiary/aromatic N) is 2. The van der Waals surface area contributed by atoms with Crippen molar-refractivity contribution in [3.8, 4) is 33.4 Å². The Morgan fingerprint density at radius 2 is 0.563 bits per heavy atom. The fourth-order valence-corrected chi connectivity index (χ4v) is 11.3. The van der Waals surface area contributed by atoms with Crippen LogP contribution in [0.25, 0.3) is 54.9 Å². The predicted octanol–water partition coefficient (Wildman–Crippen LogP) is 18.6. The average molecular weight is 905 g/mol. The van der Waals surface area contributed by atoms with Crippen LogP contribution in [0.3, 0.4) is 0 Å². The van der Waals surface area contributed by atoms with Crippen molar-refractivity contribution in [1.82, 2.24) is 0 Å². The molecule has 0 N–H and O–H groups in total. The van der Waals surface area contributed by atoms with Crippen LogP contribution < -0.4 is 9.80 Å². The lowest BCUT2D eigenvalue weighted by Crippen LogP contribution is -2.32. The second-order valence-electron chi connectivity index (χ2n) is 18.5. The zero-order chi connectivity index (χ0) is 47.1. The van der Waals surface area contributed by atoms with Crippen molar-refractivity contribution < 1.29 is 0 Å². The summed E-state index contributed by atoms with van der Waals surface area (Å²) in [5.74, 6) is 0. The van der Waals surface area contributed by atoms with Crippen LogP contribution in [0.4, 0.5) is 34.1 Å². The van der Waals surface area contributed by atoms with Gasteiger partial charge in [-0.25, -0.2) is 0 Å². The van der Waals surface area contributed by atoms with E-state index >= 15 is 0 Å². The molecule has 0 spiro atoms. The zero-order valence-corrected chi connectivity index (χ0v) is 39.1. The van der Waals surface area contributed by atoms with Crippen molar-refractivity contribution in [2.24, 2.45) is 0 Å². The molecule has 1 aliphatic carbocycles. The lowest BCUT2D eigenvalue weighted by atomic mass is 9.63. The van der Waals surface area contributed by atoms with Gasteiger partial charge in [-0.15, -0.1) is 0 Å². The molecule has 12 aromatic carbocycles. The molecule has 0 amide bonds. The Morgan fingerprint density at radius 3 is 1.08 bits per heavy atom. The first-order valence-electron chi connectivity index (χ1n) is 24.5. The van der Waals surface area contributed by atoms with Crippen LogP contribution >= 0.6 is 0 Å². The van der Waals surface area contributed by atoms with E-state index < -0.39 is 5.41 Å². The number of para-hydroxylation sites is 1. The van der Waals surface area contributed by atoms with E-state index in [2.05, 4.69) is 301 Å². The molecule has 2 nitrogen and oxygen atoms in total. The lowest BCUT2D eigenvalue weighted by molar-refractivity contribution is 0.751. The molecule has 1 aliphatic rings. The molecule has 12 aromatic rings.